The van der Waals surface area contributed by atoms with Crippen molar-refractivity contribution in [3.8, 4) is 0 Å². The van der Waals surface area contributed by atoms with Crippen molar-refractivity contribution in [2.45, 2.75) is 24.5 Å². The van der Waals surface area contributed by atoms with Gasteiger partial charge in [-0.25, -0.2) is 0 Å². The summed E-state index contributed by atoms with van der Waals surface area (Å²) in [6, 6.07) is 7.00. The van der Waals surface area contributed by atoms with Crippen LogP contribution < -0.4 is 5.73 Å². The number of carbonyl (C=O) groups excluding carboxylic acids is 1. The predicted molar refractivity (Wildman–Crippen MR) is 57.6 cm³/mol. The first-order valence-electron chi connectivity index (χ1n) is 4.79. The summed E-state index contributed by atoms with van der Waals surface area (Å²) in [5, 5.41) is 9.92. The number of aliphatic hydroxyl groups excluding tert-OH is 1. The smallest absolute Gasteiger partial charge is 0.159 e. The summed E-state index contributed by atoms with van der Waals surface area (Å²) in [6.45, 7) is 0. The average Bonchev–Trinajstić information content (AvgIpc) is 2.42. The number of benzene rings is 1. The quantitative estimate of drug-likeness (QED) is 0.756. The van der Waals surface area contributed by atoms with E-state index in [9.17, 15) is 9.90 Å². The topological polar surface area (TPSA) is 63.3 Å². The van der Waals surface area contributed by atoms with Crippen LogP contribution in [0.5, 0.6) is 0 Å². The molecule has 0 spiro atoms. The van der Waals surface area contributed by atoms with Crippen LogP contribution in [-0.4, -0.2) is 17.0 Å². The minimum atomic E-state index is -1.11. The van der Waals surface area contributed by atoms with Crippen molar-refractivity contribution < 1.29 is 9.90 Å². The molecule has 3 nitrogen and oxygen atoms in total. The summed E-state index contributed by atoms with van der Waals surface area (Å²) in [6.07, 6.45) is -0.295. The van der Waals surface area contributed by atoms with Crippen LogP contribution in [0.3, 0.4) is 0 Å². The molecule has 2 atom stereocenters. The maximum atomic E-state index is 11.7. The highest BCUT2D eigenvalue weighted by Gasteiger charge is 2.45. The van der Waals surface area contributed by atoms with Crippen LogP contribution in [-0.2, 0) is 10.3 Å². The molecule has 0 unspecified atom stereocenters. The fourth-order valence-corrected chi connectivity index (χ4v) is 2.34. The van der Waals surface area contributed by atoms with Crippen molar-refractivity contribution in [1.82, 2.24) is 0 Å². The van der Waals surface area contributed by atoms with Gasteiger partial charge >= 0.3 is 0 Å². The van der Waals surface area contributed by atoms with Crippen LogP contribution in [0.25, 0.3) is 0 Å². The predicted octanol–water partition coefficient (Wildman–Crippen LogP) is 1.22. The summed E-state index contributed by atoms with van der Waals surface area (Å²) in [5.74, 6) is -0.150. The third kappa shape index (κ3) is 1.67. The molecule has 2 rings (SSSR count). The van der Waals surface area contributed by atoms with Gasteiger partial charge in [-0.05, 0) is 11.6 Å². The largest absolute Gasteiger partial charge is 0.393 e. The lowest BCUT2D eigenvalue weighted by Crippen LogP contribution is -2.41. The molecule has 0 amide bonds. The van der Waals surface area contributed by atoms with Gasteiger partial charge in [0.2, 0.25) is 0 Å². The lowest BCUT2D eigenvalue weighted by atomic mass is 9.88. The summed E-state index contributed by atoms with van der Waals surface area (Å²) in [5.41, 5.74) is 5.51. The fourth-order valence-electron chi connectivity index (χ4n) is 2.04. The summed E-state index contributed by atoms with van der Waals surface area (Å²) >= 11 is 5.99. The molecule has 0 heterocycles. The van der Waals surface area contributed by atoms with Gasteiger partial charge in [0.1, 0.15) is 5.54 Å². The van der Waals surface area contributed by atoms with E-state index in [1.165, 1.54) is 0 Å². The maximum Gasteiger partial charge on any atom is 0.159 e. The summed E-state index contributed by atoms with van der Waals surface area (Å²) < 4.78 is 0. The van der Waals surface area contributed by atoms with Gasteiger partial charge in [-0.1, -0.05) is 29.8 Å². The first kappa shape index (κ1) is 10.6. The average molecular weight is 226 g/mol. The van der Waals surface area contributed by atoms with E-state index in [1.807, 2.05) is 0 Å². The molecule has 0 aliphatic heterocycles. The standard InChI is InChI=1S/C11H12ClNO2/c12-9-4-2-1-3-8(9)11(13)6-7(14)5-10(11)15/h1-4,7,14H,5-6,13H2/t7-,11-/m1/s1. The Morgan fingerprint density at radius 1 is 1.47 bits per heavy atom. The molecule has 0 aromatic heterocycles. The Bertz CT molecular complexity index is 407. The maximum absolute atomic E-state index is 11.7. The van der Waals surface area contributed by atoms with Crippen molar-refractivity contribution in [1.29, 1.82) is 0 Å². The van der Waals surface area contributed by atoms with E-state index in [4.69, 9.17) is 17.3 Å². The van der Waals surface area contributed by atoms with Crippen LogP contribution >= 0.6 is 11.6 Å². The van der Waals surface area contributed by atoms with E-state index in [2.05, 4.69) is 0 Å². The Morgan fingerprint density at radius 3 is 2.67 bits per heavy atom. The Kier molecular flexibility index (Phi) is 2.54. The lowest BCUT2D eigenvalue weighted by molar-refractivity contribution is -0.122. The van der Waals surface area contributed by atoms with Crippen LogP contribution in [0.15, 0.2) is 24.3 Å². The summed E-state index contributed by atoms with van der Waals surface area (Å²) in [7, 11) is 0. The van der Waals surface area contributed by atoms with E-state index < -0.39 is 11.6 Å². The first-order chi connectivity index (χ1) is 7.04. The Labute approximate surface area is 92.8 Å². The molecule has 1 fully saturated rings. The highest BCUT2D eigenvalue weighted by atomic mass is 35.5. The Balaban J connectivity index is 2.46. The van der Waals surface area contributed by atoms with Gasteiger partial charge in [-0.2, -0.15) is 0 Å². The number of carbonyl (C=O) groups is 1. The number of nitrogens with two attached hydrogens (primary N) is 1. The van der Waals surface area contributed by atoms with Gasteiger partial charge in [-0.15, -0.1) is 0 Å². The second kappa shape index (κ2) is 3.59. The fraction of sp³-hybridized carbons (Fsp3) is 0.364. The number of Topliss-reactive ketones (excluding diaryl/α,β-unsaturated/α-hetero) is 1. The highest BCUT2D eigenvalue weighted by Crippen LogP contribution is 2.36. The minimum Gasteiger partial charge on any atom is -0.393 e. The molecule has 1 aromatic rings. The molecule has 80 valence electrons. The van der Waals surface area contributed by atoms with E-state index >= 15 is 0 Å². The molecule has 0 radical (unpaired) electrons. The molecule has 1 aliphatic carbocycles. The molecule has 4 heteroatoms. The molecular formula is C11H12ClNO2. The second-order valence-electron chi connectivity index (χ2n) is 3.94. The van der Waals surface area contributed by atoms with Crippen molar-refractivity contribution in [3.05, 3.63) is 34.9 Å². The third-order valence-corrected chi connectivity index (χ3v) is 3.16. The number of halogens is 1. The number of hydrogen-bond acceptors (Lipinski definition) is 3. The molecule has 15 heavy (non-hydrogen) atoms. The lowest BCUT2D eigenvalue weighted by Gasteiger charge is -2.23. The minimum absolute atomic E-state index is 0.113. The first-order valence-corrected chi connectivity index (χ1v) is 5.17. The molecule has 3 N–H and O–H groups in total. The zero-order valence-corrected chi connectivity index (χ0v) is 8.87. The van der Waals surface area contributed by atoms with E-state index in [0.717, 1.165) is 0 Å². The molecular weight excluding hydrogens is 214 g/mol. The Morgan fingerprint density at radius 2 is 2.13 bits per heavy atom. The second-order valence-corrected chi connectivity index (χ2v) is 4.34. The normalized spacial score (nSPS) is 30.9. The van der Waals surface area contributed by atoms with Gasteiger partial charge < -0.3 is 10.8 Å². The SMILES string of the molecule is N[C@@]1(c2ccccc2Cl)C[C@H](O)CC1=O. The molecule has 0 bridgehead atoms. The van der Waals surface area contributed by atoms with Gasteiger partial charge in [0, 0.05) is 17.9 Å². The van der Waals surface area contributed by atoms with Crippen molar-refractivity contribution in [2.75, 3.05) is 0 Å². The van der Waals surface area contributed by atoms with Gasteiger partial charge in [0.25, 0.3) is 0 Å². The number of hydrogen-bond donors (Lipinski definition) is 2. The van der Waals surface area contributed by atoms with Crippen molar-refractivity contribution >= 4 is 17.4 Å². The van der Waals surface area contributed by atoms with Gasteiger partial charge in [0.05, 0.1) is 6.10 Å². The van der Waals surface area contributed by atoms with E-state index in [0.29, 0.717) is 10.6 Å². The zero-order valence-electron chi connectivity index (χ0n) is 8.11. The van der Waals surface area contributed by atoms with Gasteiger partial charge in [0.15, 0.2) is 5.78 Å². The van der Waals surface area contributed by atoms with Crippen LogP contribution in [0.2, 0.25) is 5.02 Å². The third-order valence-electron chi connectivity index (χ3n) is 2.83. The van der Waals surface area contributed by atoms with Crippen LogP contribution in [0.1, 0.15) is 18.4 Å². The molecule has 0 saturated heterocycles. The molecule has 1 saturated carbocycles. The van der Waals surface area contributed by atoms with Gasteiger partial charge in [-0.3, -0.25) is 4.79 Å². The molecule has 1 aliphatic rings. The van der Waals surface area contributed by atoms with E-state index in [-0.39, 0.29) is 18.6 Å². The van der Waals surface area contributed by atoms with Crippen LogP contribution in [0.4, 0.5) is 0 Å². The number of rotatable bonds is 1. The van der Waals surface area contributed by atoms with Crippen molar-refractivity contribution in [2.24, 2.45) is 5.73 Å². The van der Waals surface area contributed by atoms with E-state index in [1.54, 1.807) is 24.3 Å². The molecule has 1 aromatic carbocycles. The van der Waals surface area contributed by atoms with Crippen molar-refractivity contribution in [3.63, 3.8) is 0 Å². The number of ketones is 1. The van der Waals surface area contributed by atoms with Crippen LogP contribution in [0, 0.1) is 0 Å². The highest BCUT2D eigenvalue weighted by molar-refractivity contribution is 6.31. The Hall–Kier alpha value is -0.900. The monoisotopic (exact) mass is 225 g/mol. The zero-order chi connectivity index (χ0) is 11.1. The number of aliphatic hydroxyl groups is 1. The summed E-state index contributed by atoms with van der Waals surface area (Å²) in [4.78, 5) is 11.7.